The molecule has 13 heteroatoms. The lowest BCUT2D eigenvalue weighted by Crippen LogP contribution is -2.48. The van der Waals surface area contributed by atoms with Gasteiger partial charge in [0.2, 0.25) is 5.88 Å². The summed E-state index contributed by atoms with van der Waals surface area (Å²) in [6.45, 7) is 5.25. The number of aryl methyl sites for hydroxylation is 1. The number of hydrogen-bond donors (Lipinski definition) is 3. The van der Waals surface area contributed by atoms with Crippen molar-refractivity contribution in [1.82, 2.24) is 30.4 Å². The average Bonchev–Trinajstić information content (AvgIpc) is 3.56. The maximum absolute atomic E-state index is 14.3. The van der Waals surface area contributed by atoms with Gasteiger partial charge in [0.15, 0.2) is 5.01 Å². The number of hydrogen-bond acceptors (Lipinski definition) is 8. The highest BCUT2D eigenvalue weighted by molar-refractivity contribution is 7.11. The fraction of sp³-hybridized carbons (Fsp3) is 0.361. The number of amides is 3. The Hall–Kier alpha value is -4.88. The van der Waals surface area contributed by atoms with E-state index in [1.807, 2.05) is 42.6 Å². The van der Waals surface area contributed by atoms with Crippen molar-refractivity contribution < 1.29 is 28.6 Å². The minimum absolute atomic E-state index is 0.00328. The highest BCUT2D eigenvalue weighted by Crippen LogP contribution is 2.29. The summed E-state index contributed by atoms with van der Waals surface area (Å²) in [5, 5.41) is 17.5. The fourth-order valence-corrected chi connectivity index (χ4v) is 6.88. The van der Waals surface area contributed by atoms with Gasteiger partial charge in [-0.2, -0.15) is 0 Å². The molecule has 3 N–H and O–H groups in total. The van der Waals surface area contributed by atoms with E-state index in [4.69, 9.17) is 9.84 Å². The molecule has 6 rings (SSSR count). The molecule has 0 unspecified atom stereocenters. The van der Waals surface area contributed by atoms with Crippen LogP contribution in [0.3, 0.4) is 0 Å². The molecule has 256 valence electrons. The Bertz CT molecular complexity index is 1780. The number of thiazole rings is 1. The van der Waals surface area contributed by atoms with Crippen LogP contribution in [0.5, 0.6) is 11.6 Å². The number of piperazine rings is 1. The lowest BCUT2D eigenvalue weighted by molar-refractivity contribution is 0.0890. The monoisotopic (exact) mass is 686 g/mol. The summed E-state index contributed by atoms with van der Waals surface area (Å²) in [5.74, 6) is -0.820. The number of pyridine rings is 1. The Morgan fingerprint density at radius 1 is 0.939 bits per heavy atom. The summed E-state index contributed by atoms with van der Waals surface area (Å²) in [6.07, 6.45) is 3.76. The maximum atomic E-state index is 14.3. The summed E-state index contributed by atoms with van der Waals surface area (Å²) in [7, 11) is 0. The van der Waals surface area contributed by atoms with Gasteiger partial charge in [-0.05, 0) is 73.9 Å². The molecule has 2 aliphatic rings. The molecule has 1 saturated carbocycles. The smallest absolute Gasteiger partial charge is 0.407 e. The lowest BCUT2D eigenvalue weighted by Gasteiger charge is -2.33. The molecule has 49 heavy (non-hydrogen) atoms. The summed E-state index contributed by atoms with van der Waals surface area (Å²) < 4.78 is 20.4. The van der Waals surface area contributed by atoms with Crippen LogP contribution in [0.25, 0.3) is 11.1 Å². The number of halogens is 1. The zero-order chi connectivity index (χ0) is 34.3. The van der Waals surface area contributed by atoms with E-state index >= 15 is 0 Å². The van der Waals surface area contributed by atoms with Crippen LogP contribution in [0.2, 0.25) is 0 Å². The van der Waals surface area contributed by atoms with E-state index in [0.717, 1.165) is 55.1 Å². The molecule has 4 aromatic rings. The van der Waals surface area contributed by atoms with Crippen LogP contribution in [0.15, 0.2) is 66.2 Å². The Morgan fingerprint density at radius 3 is 2.29 bits per heavy atom. The largest absolute Gasteiger partial charge is 0.465 e. The number of nitrogens with zero attached hydrogens (tertiary/aromatic N) is 4. The standard InChI is InChI=1S/C36H39FN6O5S/c1-23-22-49-35(39-23)33(45)41-29-11-9-28(10-12-29)40-32(44)31-20-27(37)21-38-34(31)48-30-4-2-3-26(19-30)25-7-5-24(6-8-25)13-14-42-15-17-43(18-16-42)36(46)47/h2-8,19-22,28-29H,9-18H2,1H3,(H,40,44)(H,41,45)(H,46,47). The first kappa shape index (κ1) is 34.0. The summed E-state index contributed by atoms with van der Waals surface area (Å²) in [5.41, 5.74) is 3.91. The van der Waals surface area contributed by atoms with Crippen LogP contribution in [-0.4, -0.2) is 87.6 Å². The Kier molecular flexibility index (Phi) is 10.8. The second kappa shape index (κ2) is 15.6. The number of carbonyl (C=O) groups excluding carboxylic acids is 2. The van der Waals surface area contributed by atoms with E-state index in [1.54, 1.807) is 6.07 Å². The zero-order valence-corrected chi connectivity index (χ0v) is 28.0. The molecule has 3 heterocycles. The van der Waals surface area contributed by atoms with Gasteiger partial charge in [-0.25, -0.2) is 19.2 Å². The first-order valence-electron chi connectivity index (χ1n) is 16.5. The highest BCUT2D eigenvalue weighted by atomic mass is 32.1. The maximum Gasteiger partial charge on any atom is 0.407 e. The van der Waals surface area contributed by atoms with Gasteiger partial charge in [0.05, 0.1) is 6.20 Å². The van der Waals surface area contributed by atoms with Crippen molar-refractivity contribution in [2.75, 3.05) is 32.7 Å². The van der Waals surface area contributed by atoms with Gasteiger partial charge in [-0.1, -0.05) is 36.4 Å². The second-order valence-corrected chi connectivity index (χ2v) is 13.3. The topological polar surface area (TPSA) is 137 Å². The third-order valence-electron chi connectivity index (χ3n) is 8.97. The minimum Gasteiger partial charge on any atom is -0.465 e. The second-order valence-electron chi connectivity index (χ2n) is 12.5. The molecule has 0 bridgehead atoms. The number of aromatic nitrogens is 2. The summed E-state index contributed by atoms with van der Waals surface area (Å²) in [4.78, 5) is 49.1. The van der Waals surface area contributed by atoms with Crippen LogP contribution in [0.4, 0.5) is 9.18 Å². The van der Waals surface area contributed by atoms with E-state index in [0.29, 0.717) is 49.5 Å². The first-order chi connectivity index (χ1) is 23.7. The van der Waals surface area contributed by atoms with Crippen LogP contribution < -0.4 is 15.4 Å². The van der Waals surface area contributed by atoms with Gasteiger partial charge in [0.1, 0.15) is 17.1 Å². The molecule has 2 aromatic heterocycles. The molecule has 0 atom stereocenters. The van der Waals surface area contributed by atoms with E-state index in [9.17, 15) is 18.8 Å². The molecule has 1 saturated heterocycles. The van der Waals surface area contributed by atoms with Gasteiger partial charge >= 0.3 is 6.09 Å². The molecule has 1 aliphatic carbocycles. The van der Waals surface area contributed by atoms with Crippen LogP contribution in [-0.2, 0) is 6.42 Å². The predicted octanol–water partition coefficient (Wildman–Crippen LogP) is 5.75. The van der Waals surface area contributed by atoms with E-state index in [2.05, 4.69) is 37.6 Å². The number of ether oxygens (including phenoxy) is 1. The van der Waals surface area contributed by atoms with Gasteiger partial charge < -0.3 is 25.4 Å². The van der Waals surface area contributed by atoms with Crippen LogP contribution >= 0.6 is 11.3 Å². The van der Waals surface area contributed by atoms with Crippen molar-refractivity contribution >= 4 is 29.2 Å². The van der Waals surface area contributed by atoms with Crippen molar-refractivity contribution in [2.24, 2.45) is 0 Å². The van der Waals surface area contributed by atoms with Crippen LogP contribution in [0.1, 0.15) is 57.1 Å². The Balaban J connectivity index is 1.03. The first-order valence-corrected chi connectivity index (χ1v) is 17.3. The highest BCUT2D eigenvalue weighted by Gasteiger charge is 2.27. The number of rotatable bonds is 10. The van der Waals surface area contributed by atoms with Crippen molar-refractivity contribution in [2.45, 2.75) is 51.1 Å². The van der Waals surface area contributed by atoms with E-state index < -0.39 is 17.8 Å². The van der Waals surface area contributed by atoms with Crippen molar-refractivity contribution in [3.63, 3.8) is 0 Å². The molecule has 0 spiro atoms. The van der Waals surface area contributed by atoms with Crippen molar-refractivity contribution in [1.29, 1.82) is 0 Å². The lowest BCUT2D eigenvalue weighted by atomic mass is 9.91. The number of carbonyl (C=O) groups is 3. The number of nitrogens with one attached hydrogen (secondary N) is 2. The third-order valence-corrected chi connectivity index (χ3v) is 9.93. The van der Waals surface area contributed by atoms with Crippen molar-refractivity contribution in [3.8, 4) is 22.8 Å². The van der Waals surface area contributed by atoms with Gasteiger partial charge in [-0.3, -0.25) is 14.5 Å². The Labute approximate surface area is 288 Å². The molecular formula is C36H39FN6O5S. The van der Waals surface area contributed by atoms with Gasteiger partial charge in [0, 0.05) is 55.9 Å². The molecule has 1 aliphatic heterocycles. The SMILES string of the molecule is Cc1csc(C(=O)NC2CCC(NC(=O)c3cc(F)cnc3Oc3cccc(-c4ccc(CCN5CCN(C(=O)O)CC5)cc4)c3)CC2)n1. The fourth-order valence-electron chi connectivity index (χ4n) is 6.19. The Morgan fingerprint density at radius 2 is 1.63 bits per heavy atom. The van der Waals surface area contributed by atoms with Crippen molar-refractivity contribution in [3.05, 3.63) is 93.8 Å². The predicted molar refractivity (Wildman–Crippen MR) is 184 cm³/mol. The molecule has 0 radical (unpaired) electrons. The quantitative estimate of drug-likeness (QED) is 0.192. The molecule has 2 aromatic carbocycles. The van der Waals surface area contributed by atoms with E-state index in [1.165, 1.54) is 21.8 Å². The zero-order valence-electron chi connectivity index (χ0n) is 27.2. The summed E-state index contributed by atoms with van der Waals surface area (Å²) in [6, 6.07) is 16.7. The normalized spacial score (nSPS) is 18.1. The molecular weight excluding hydrogens is 647 g/mol. The molecule has 11 nitrogen and oxygen atoms in total. The molecule has 3 amide bonds. The van der Waals surface area contributed by atoms with E-state index in [-0.39, 0.29) is 29.4 Å². The average molecular weight is 687 g/mol. The van der Waals surface area contributed by atoms with Crippen LogP contribution in [0, 0.1) is 12.7 Å². The van der Waals surface area contributed by atoms with Gasteiger partial charge in [0.25, 0.3) is 11.8 Å². The third kappa shape index (κ3) is 8.98. The molecule has 2 fully saturated rings. The number of carboxylic acid groups (broad SMARTS) is 1. The minimum atomic E-state index is -0.860. The number of benzene rings is 2. The van der Waals surface area contributed by atoms with Gasteiger partial charge in [-0.15, -0.1) is 11.3 Å². The summed E-state index contributed by atoms with van der Waals surface area (Å²) >= 11 is 1.32.